The molecule has 2 atom stereocenters. The normalized spacial score (nSPS) is 23.7. The van der Waals surface area contributed by atoms with Crippen LogP contribution in [0.1, 0.15) is 10.4 Å². The van der Waals surface area contributed by atoms with Gasteiger partial charge < -0.3 is 20.9 Å². The molecule has 3 aliphatic rings. The van der Waals surface area contributed by atoms with Gasteiger partial charge in [0.2, 0.25) is 0 Å². The summed E-state index contributed by atoms with van der Waals surface area (Å²) in [7, 11) is 2.13. The van der Waals surface area contributed by atoms with E-state index in [0.717, 1.165) is 51.2 Å². The predicted octanol–water partition coefficient (Wildman–Crippen LogP) is 1.26. The average molecular weight is 462 g/mol. The van der Waals surface area contributed by atoms with Crippen molar-refractivity contribution in [3.8, 4) is 0 Å². The molecule has 0 saturated carbocycles. The van der Waals surface area contributed by atoms with Gasteiger partial charge in [-0.15, -0.1) is 0 Å². The molecule has 0 bridgehead atoms. The number of anilines is 3. The summed E-state index contributed by atoms with van der Waals surface area (Å²) in [6, 6.07) is 0.386. The van der Waals surface area contributed by atoms with Crippen LogP contribution < -0.4 is 16.0 Å². The lowest BCUT2D eigenvalue weighted by molar-refractivity contribution is 0.0807. The number of carbonyl (C=O) groups is 1. The quantitative estimate of drug-likeness (QED) is 0.708. The minimum Gasteiger partial charge on any atom is -0.381 e. The number of likely N-dealkylation sites (N-methyl/N-ethyl adjacent to an activating group) is 1. The number of hydrogen-bond acceptors (Lipinski definition) is 8. The topological polar surface area (TPSA) is 108 Å². The number of nitrogens with one attached hydrogen (secondary N) is 1. The van der Waals surface area contributed by atoms with E-state index in [2.05, 4.69) is 42.1 Å². The van der Waals surface area contributed by atoms with Gasteiger partial charge in [0.1, 0.15) is 5.56 Å². The zero-order valence-electron chi connectivity index (χ0n) is 17.7. The fourth-order valence-electron chi connectivity index (χ4n) is 4.65. The minimum absolute atomic E-state index is 0.000792. The van der Waals surface area contributed by atoms with Crippen LogP contribution in [0.15, 0.2) is 17.4 Å². The Labute approximate surface area is 189 Å². The van der Waals surface area contributed by atoms with Gasteiger partial charge in [-0.2, -0.15) is 5.10 Å². The van der Waals surface area contributed by atoms with Crippen LogP contribution in [0.4, 0.5) is 27.4 Å². The Balaban J connectivity index is 1.41. The Morgan fingerprint density at radius 2 is 2.03 bits per heavy atom. The highest BCUT2D eigenvalue weighted by Crippen LogP contribution is 2.36. The van der Waals surface area contributed by atoms with Crippen molar-refractivity contribution < 1.29 is 9.18 Å². The van der Waals surface area contributed by atoms with Crippen LogP contribution >= 0.6 is 11.6 Å². The molecule has 1 amide bonds. The standard InChI is InChI=1S/C20H25ClFN9O/c1-28-2-3-29-4-5-30(11-13(29)10-28)17-14(21)7-24-8-15(17)26-20(32)16-18(23)27-31-9-12(22)6-25-19(16)31/h6-8,12-13H,2-5,9-11H2,1H3,(H2,23,27)(H,26,32). The third kappa shape index (κ3) is 3.80. The summed E-state index contributed by atoms with van der Waals surface area (Å²) in [6.07, 6.45) is 3.04. The molecule has 32 heavy (non-hydrogen) atoms. The Bertz CT molecular complexity index is 1070. The van der Waals surface area contributed by atoms with E-state index in [1.54, 1.807) is 12.4 Å². The predicted molar refractivity (Wildman–Crippen MR) is 122 cm³/mol. The van der Waals surface area contributed by atoms with E-state index in [-0.39, 0.29) is 23.7 Å². The Morgan fingerprint density at radius 1 is 1.22 bits per heavy atom. The van der Waals surface area contributed by atoms with Crippen molar-refractivity contribution in [2.24, 2.45) is 4.99 Å². The van der Waals surface area contributed by atoms with Crippen LogP contribution in [0, 0.1) is 0 Å². The van der Waals surface area contributed by atoms with Crippen LogP contribution in [0.5, 0.6) is 0 Å². The van der Waals surface area contributed by atoms with Gasteiger partial charge in [0.05, 0.1) is 29.1 Å². The first-order valence-corrected chi connectivity index (χ1v) is 11.0. The highest BCUT2D eigenvalue weighted by atomic mass is 35.5. The number of carbonyl (C=O) groups excluding carboxylic acids is 1. The zero-order chi connectivity index (χ0) is 22.4. The van der Waals surface area contributed by atoms with Gasteiger partial charge in [-0.1, -0.05) is 11.6 Å². The molecule has 2 aromatic rings. The van der Waals surface area contributed by atoms with Crippen LogP contribution in [-0.2, 0) is 6.54 Å². The Morgan fingerprint density at radius 3 is 2.88 bits per heavy atom. The Kier molecular flexibility index (Phi) is 5.48. The molecule has 12 heteroatoms. The number of rotatable bonds is 3. The summed E-state index contributed by atoms with van der Waals surface area (Å²) >= 11 is 6.55. The van der Waals surface area contributed by atoms with E-state index in [4.69, 9.17) is 17.3 Å². The fraction of sp³-hybridized carbons (Fsp3) is 0.500. The maximum absolute atomic E-state index is 13.6. The molecule has 2 saturated heterocycles. The van der Waals surface area contributed by atoms with Crippen molar-refractivity contribution in [3.63, 3.8) is 0 Å². The van der Waals surface area contributed by atoms with Gasteiger partial charge in [-0.3, -0.25) is 14.7 Å². The third-order valence-corrected chi connectivity index (χ3v) is 6.50. The van der Waals surface area contributed by atoms with Gasteiger partial charge in [0.15, 0.2) is 17.8 Å². The number of nitrogen functional groups attached to an aromatic ring is 1. The number of piperazine rings is 2. The first-order valence-electron chi connectivity index (χ1n) is 10.6. The number of alkyl halides is 1. The molecule has 0 radical (unpaired) electrons. The van der Waals surface area contributed by atoms with Crippen molar-refractivity contribution in [1.82, 2.24) is 24.6 Å². The largest absolute Gasteiger partial charge is 0.381 e. The average Bonchev–Trinajstić information content (AvgIpc) is 3.08. The molecular formula is C20H25ClFN9O. The van der Waals surface area contributed by atoms with Crippen molar-refractivity contribution in [2.75, 3.05) is 62.3 Å². The van der Waals surface area contributed by atoms with Crippen LogP contribution in [0.2, 0.25) is 5.02 Å². The molecule has 5 rings (SSSR count). The molecule has 0 spiro atoms. The zero-order valence-corrected chi connectivity index (χ0v) is 18.5. The van der Waals surface area contributed by atoms with E-state index < -0.39 is 12.1 Å². The summed E-state index contributed by atoms with van der Waals surface area (Å²) in [5.41, 5.74) is 7.30. The summed E-state index contributed by atoms with van der Waals surface area (Å²) in [5, 5.41) is 7.41. The molecule has 3 N–H and O–H groups in total. The van der Waals surface area contributed by atoms with Crippen molar-refractivity contribution in [3.05, 3.63) is 23.0 Å². The van der Waals surface area contributed by atoms with Crippen molar-refractivity contribution in [1.29, 1.82) is 0 Å². The molecule has 5 heterocycles. The van der Waals surface area contributed by atoms with E-state index >= 15 is 0 Å². The van der Waals surface area contributed by atoms with Crippen LogP contribution in [0.25, 0.3) is 0 Å². The number of aromatic nitrogens is 3. The number of amides is 1. The second-order valence-corrected chi connectivity index (χ2v) is 8.84. The van der Waals surface area contributed by atoms with Gasteiger partial charge in [-0.25, -0.2) is 14.1 Å². The number of aliphatic imine (C=N–C) groups is 1. The highest BCUT2D eigenvalue weighted by molar-refractivity contribution is 6.34. The lowest BCUT2D eigenvalue weighted by Crippen LogP contribution is -2.61. The van der Waals surface area contributed by atoms with Crippen LogP contribution in [0.3, 0.4) is 0 Å². The maximum atomic E-state index is 13.6. The first kappa shape index (κ1) is 21.1. The number of fused-ring (bicyclic) bond motifs is 2. The number of halogens is 2. The van der Waals surface area contributed by atoms with Gasteiger partial charge in [-0.05, 0) is 7.05 Å². The smallest absolute Gasteiger partial charge is 0.263 e. The lowest BCUT2D eigenvalue weighted by atomic mass is 10.1. The maximum Gasteiger partial charge on any atom is 0.263 e. The molecule has 2 unspecified atom stereocenters. The monoisotopic (exact) mass is 461 g/mol. The minimum atomic E-state index is -1.26. The second-order valence-electron chi connectivity index (χ2n) is 8.43. The van der Waals surface area contributed by atoms with Gasteiger partial charge in [0, 0.05) is 57.7 Å². The number of hydrogen-bond donors (Lipinski definition) is 2. The van der Waals surface area contributed by atoms with Gasteiger partial charge >= 0.3 is 0 Å². The molecule has 2 aromatic heterocycles. The van der Waals surface area contributed by atoms with E-state index in [0.29, 0.717) is 16.8 Å². The summed E-state index contributed by atoms with van der Waals surface area (Å²) in [5.74, 6) is -0.247. The SMILES string of the molecule is CN1CCN2CCN(c3c(Cl)cncc3NC(=O)c3c(N)nn4c3N=CC(F)C4)CC2C1. The van der Waals surface area contributed by atoms with Crippen molar-refractivity contribution in [2.45, 2.75) is 18.8 Å². The second kappa shape index (κ2) is 8.30. The molecule has 2 fully saturated rings. The third-order valence-electron chi connectivity index (χ3n) is 6.22. The van der Waals surface area contributed by atoms with E-state index in [9.17, 15) is 9.18 Å². The number of nitrogens with zero attached hydrogens (tertiary/aromatic N) is 7. The lowest BCUT2D eigenvalue weighted by Gasteiger charge is -2.47. The Hall–Kier alpha value is -2.76. The molecule has 0 aromatic carbocycles. The summed E-state index contributed by atoms with van der Waals surface area (Å²) in [6.45, 7) is 5.58. The molecule has 170 valence electrons. The van der Waals surface area contributed by atoms with Crippen LogP contribution in [-0.4, -0.2) is 95.2 Å². The van der Waals surface area contributed by atoms with Crippen molar-refractivity contribution >= 4 is 46.7 Å². The summed E-state index contributed by atoms with van der Waals surface area (Å²) in [4.78, 5) is 28.4. The van der Waals surface area contributed by atoms with E-state index in [1.807, 2.05) is 0 Å². The summed E-state index contributed by atoms with van der Waals surface area (Å²) < 4.78 is 14.9. The fourth-order valence-corrected chi connectivity index (χ4v) is 4.93. The molecule has 0 aliphatic carbocycles. The number of nitrogens with two attached hydrogens (primary N) is 1. The number of pyridine rings is 1. The first-order chi connectivity index (χ1) is 15.4. The van der Waals surface area contributed by atoms with Gasteiger partial charge in [0.25, 0.3) is 5.91 Å². The molecule has 3 aliphatic heterocycles. The molecular weight excluding hydrogens is 437 g/mol. The highest BCUT2D eigenvalue weighted by Gasteiger charge is 2.33. The van der Waals surface area contributed by atoms with E-state index in [1.165, 1.54) is 4.68 Å². The molecule has 10 nitrogen and oxygen atoms in total.